The van der Waals surface area contributed by atoms with Crippen molar-refractivity contribution in [1.82, 2.24) is 14.8 Å². The third kappa shape index (κ3) is 4.50. The monoisotopic (exact) mass is 412 g/mol. The first kappa shape index (κ1) is 18.6. The summed E-state index contributed by atoms with van der Waals surface area (Å²) in [4.78, 5) is 22.1. The van der Waals surface area contributed by atoms with Crippen LogP contribution in [0.15, 0.2) is 16.6 Å². The van der Waals surface area contributed by atoms with Gasteiger partial charge in [-0.2, -0.15) is 4.39 Å². The Balaban J connectivity index is 1.49. The predicted molar refractivity (Wildman–Crippen MR) is 100 cm³/mol. The maximum atomic E-state index is 13.6. The van der Waals surface area contributed by atoms with Gasteiger partial charge in [-0.05, 0) is 59.7 Å². The Hall–Kier alpha value is -1.21. The number of amides is 1. The topological polar surface area (TPSA) is 39.7 Å². The molecule has 7 heteroatoms. The second kappa shape index (κ2) is 7.99. The Bertz CT molecular complexity index is 621. The van der Waals surface area contributed by atoms with Gasteiger partial charge in [-0.1, -0.05) is 0 Å². The molecule has 2 heterocycles. The molecule has 0 atom stereocenters. The van der Waals surface area contributed by atoms with Crippen molar-refractivity contribution in [3.63, 3.8) is 0 Å². The molecule has 0 N–H and O–H groups in total. The van der Waals surface area contributed by atoms with Crippen LogP contribution in [0.1, 0.15) is 25.7 Å². The number of hydrogen-bond acceptors (Lipinski definition) is 4. The van der Waals surface area contributed by atoms with E-state index in [-0.39, 0.29) is 5.91 Å². The van der Waals surface area contributed by atoms with E-state index in [1.807, 2.05) is 30.0 Å². The average molecular weight is 413 g/mol. The van der Waals surface area contributed by atoms with Crippen molar-refractivity contribution < 1.29 is 9.18 Å². The number of anilines is 1. The predicted octanol–water partition coefficient (Wildman–Crippen LogP) is 2.75. The minimum atomic E-state index is -0.465. The normalized spacial score (nSPS) is 25.3. The van der Waals surface area contributed by atoms with Crippen LogP contribution in [-0.4, -0.2) is 67.0 Å². The highest BCUT2D eigenvalue weighted by Gasteiger charge is 2.30. The van der Waals surface area contributed by atoms with Crippen LogP contribution in [0, 0.1) is 11.9 Å². The molecule has 25 heavy (non-hydrogen) atoms. The van der Waals surface area contributed by atoms with E-state index >= 15 is 0 Å². The number of pyridine rings is 1. The van der Waals surface area contributed by atoms with Gasteiger partial charge in [-0.25, -0.2) is 4.98 Å². The SMILES string of the molecule is CN1CCN([C@H]2CC[C@@H](CN(C)c3ccc(Br)c(F)n3)CC2)CC1=O. The van der Waals surface area contributed by atoms with Gasteiger partial charge in [-0.3, -0.25) is 9.69 Å². The van der Waals surface area contributed by atoms with Crippen molar-refractivity contribution in [2.24, 2.45) is 5.92 Å². The van der Waals surface area contributed by atoms with Crippen LogP contribution in [0.2, 0.25) is 0 Å². The van der Waals surface area contributed by atoms with Gasteiger partial charge in [0, 0.05) is 39.8 Å². The lowest BCUT2D eigenvalue weighted by molar-refractivity contribution is -0.135. The highest BCUT2D eigenvalue weighted by atomic mass is 79.9. The minimum absolute atomic E-state index is 0.233. The fourth-order valence-electron chi connectivity index (χ4n) is 3.88. The van der Waals surface area contributed by atoms with Crippen LogP contribution >= 0.6 is 15.9 Å². The fourth-order valence-corrected chi connectivity index (χ4v) is 4.10. The molecule has 138 valence electrons. The van der Waals surface area contributed by atoms with E-state index in [1.165, 1.54) is 0 Å². The van der Waals surface area contributed by atoms with Gasteiger partial charge >= 0.3 is 0 Å². The lowest BCUT2D eigenvalue weighted by Gasteiger charge is -2.41. The van der Waals surface area contributed by atoms with E-state index < -0.39 is 5.95 Å². The summed E-state index contributed by atoms with van der Waals surface area (Å²) < 4.78 is 14.0. The summed E-state index contributed by atoms with van der Waals surface area (Å²) in [5.74, 6) is 1.04. The van der Waals surface area contributed by atoms with Gasteiger partial charge in [0.1, 0.15) is 5.82 Å². The molecule has 2 aliphatic rings. The molecule has 0 unspecified atom stereocenters. The zero-order chi connectivity index (χ0) is 18.0. The molecule has 1 aromatic rings. The summed E-state index contributed by atoms with van der Waals surface area (Å²) in [5.41, 5.74) is 0. The largest absolute Gasteiger partial charge is 0.359 e. The molecular weight excluding hydrogens is 387 g/mol. The number of rotatable bonds is 4. The summed E-state index contributed by atoms with van der Waals surface area (Å²) in [7, 11) is 3.85. The van der Waals surface area contributed by atoms with Crippen LogP contribution in [0.4, 0.5) is 10.2 Å². The third-order valence-electron chi connectivity index (χ3n) is 5.53. The standard InChI is InChI=1S/C18H26BrFN4O/c1-22-9-10-24(12-17(22)25)14-5-3-13(4-6-14)11-23(2)16-8-7-15(19)18(20)21-16/h7-8,13-14H,3-6,9-12H2,1-2H3/t13-,14+. The molecule has 1 saturated heterocycles. The van der Waals surface area contributed by atoms with E-state index in [9.17, 15) is 9.18 Å². The summed E-state index contributed by atoms with van der Waals surface area (Å²) in [6, 6.07) is 4.08. The lowest BCUT2D eigenvalue weighted by Crippen LogP contribution is -2.53. The second-order valence-corrected chi connectivity index (χ2v) is 8.14. The molecule has 0 aromatic carbocycles. The van der Waals surface area contributed by atoms with Gasteiger partial charge in [0.25, 0.3) is 0 Å². The van der Waals surface area contributed by atoms with Crippen LogP contribution in [0.5, 0.6) is 0 Å². The number of carbonyl (C=O) groups is 1. The molecule has 0 spiro atoms. The summed E-state index contributed by atoms with van der Waals surface area (Å²) in [6.45, 7) is 3.28. The molecule has 1 aliphatic heterocycles. The number of likely N-dealkylation sites (N-methyl/N-ethyl adjacent to an activating group) is 1. The Morgan fingerprint density at radius 3 is 2.64 bits per heavy atom. The second-order valence-electron chi connectivity index (χ2n) is 7.28. The van der Waals surface area contributed by atoms with Crippen LogP contribution in [-0.2, 0) is 4.79 Å². The number of aromatic nitrogens is 1. The Kier molecular flexibility index (Phi) is 5.94. The molecule has 2 fully saturated rings. The molecule has 1 aromatic heterocycles. The lowest BCUT2D eigenvalue weighted by atomic mass is 9.84. The number of halogens is 2. The van der Waals surface area contributed by atoms with E-state index in [0.717, 1.165) is 45.3 Å². The fraction of sp³-hybridized carbons (Fsp3) is 0.667. The summed E-state index contributed by atoms with van der Waals surface area (Å²) >= 11 is 3.14. The number of nitrogens with zero attached hydrogens (tertiary/aromatic N) is 4. The zero-order valence-electron chi connectivity index (χ0n) is 14.9. The molecule has 5 nitrogen and oxygen atoms in total. The number of hydrogen-bond donors (Lipinski definition) is 0. The highest BCUT2D eigenvalue weighted by Crippen LogP contribution is 2.29. The molecule has 0 bridgehead atoms. The maximum Gasteiger partial charge on any atom is 0.236 e. The Morgan fingerprint density at radius 1 is 1.28 bits per heavy atom. The molecular formula is C18H26BrFN4O. The summed E-state index contributed by atoms with van der Waals surface area (Å²) in [6.07, 6.45) is 4.57. The van der Waals surface area contributed by atoms with Crippen LogP contribution < -0.4 is 4.90 Å². The van der Waals surface area contributed by atoms with E-state index in [1.54, 1.807) is 6.07 Å². The van der Waals surface area contributed by atoms with Crippen molar-refractivity contribution in [2.75, 3.05) is 45.2 Å². The van der Waals surface area contributed by atoms with E-state index in [2.05, 4.69) is 25.8 Å². The van der Waals surface area contributed by atoms with Crippen molar-refractivity contribution in [1.29, 1.82) is 0 Å². The molecule has 1 saturated carbocycles. The van der Waals surface area contributed by atoms with Crippen molar-refractivity contribution >= 4 is 27.7 Å². The van der Waals surface area contributed by atoms with Crippen molar-refractivity contribution in [3.05, 3.63) is 22.6 Å². The van der Waals surface area contributed by atoms with Gasteiger partial charge in [0.05, 0.1) is 11.0 Å². The zero-order valence-corrected chi connectivity index (χ0v) is 16.5. The van der Waals surface area contributed by atoms with Gasteiger partial charge in [-0.15, -0.1) is 0 Å². The smallest absolute Gasteiger partial charge is 0.236 e. The van der Waals surface area contributed by atoms with Crippen LogP contribution in [0.25, 0.3) is 0 Å². The molecule has 1 aliphatic carbocycles. The molecule has 1 amide bonds. The minimum Gasteiger partial charge on any atom is -0.359 e. The van der Waals surface area contributed by atoms with Gasteiger partial charge in [0.15, 0.2) is 0 Å². The van der Waals surface area contributed by atoms with Crippen molar-refractivity contribution in [3.8, 4) is 0 Å². The van der Waals surface area contributed by atoms with Crippen molar-refractivity contribution in [2.45, 2.75) is 31.7 Å². The van der Waals surface area contributed by atoms with E-state index in [4.69, 9.17) is 0 Å². The number of carbonyl (C=O) groups excluding carboxylic acids is 1. The first-order chi connectivity index (χ1) is 11.9. The first-order valence-corrected chi connectivity index (χ1v) is 9.74. The highest BCUT2D eigenvalue weighted by molar-refractivity contribution is 9.10. The van der Waals surface area contributed by atoms with E-state index in [0.29, 0.717) is 28.8 Å². The quantitative estimate of drug-likeness (QED) is 0.712. The van der Waals surface area contributed by atoms with Gasteiger partial charge in [0.2, 0.25) is 11.9 Å². The average Bonchev–Trinajstić information content (AvgIpc) is 2.60. The third-order valence-corrected chi connectivity index (χ3v) is 6.12. The Labute approximate surface area is 157 Å². The first-order valence-electron chi connectivity index (χ1n) is 8.95. The summed E-state index contributed by atoms with van der Waals surface area (Å²) in [5, 5.41) is 0. The number of piperazine rings is 1. The molecule has 0 radical (unpaired) electrons. The van der Waals surface area contributed by atoms with Crippen LogP contribution in [0.3, 0.4) is 0 Å². The Morgan fingerprint density at radius 2 is 2.00 bits per heavy atom. The molecule has 3 rings (SSSR count). The maximum absolute atomic E-state index is 13.6. The van der Waals surface area contributed by atoms with Gasteiger partial charge < -0.3 is 9.80 Å².